The number of rotatable bonds is 2. The van der Waals surface area contributed by atoms with Crippen LogP contribution in [0.1, 0.15) is 11.6 Å². The number of amides is 1. The lowest BCUT2D eigenvalue weighted by Gasteiger charge is -2.12. The Kier molecular flexibility index (Phi) is 2.33. The van der Waals surface area contributed by atoms with Crippen LogP contribution in [-0.2, 0) is 11.8 Å². The normalized spacial score (nSPS) is 18.0. The fourth-order valence-corrected chi connectivity index (χ4v) is 2.26. The molecule has 0 aliphatic carbocycles. The number of nitrogens with one attached hydrogen (secondary N) is 1. The molecule has 1 aliphatic heterocycles. The summed E-state index contributed by atoms with van der Waals surface area (Å²) >= 11 is 0. The molecule has 5 nitrogen and oxygen atoms in total. The highest BCUT2D eigenvalue weighted by atomic mass is 16.2. The van der Waals surface area contributed by atoms with Gasteiger partial charge < -0.3 is 10.2 Å². The number of para-hydroxylation sites is 1. The average molecular weight is 242 g/mol. The van der Waals surface area contributed by atoms with Crippen molar-refractivity contribution in [3.05, 3.63) is 42.1 Å². The van der Waals surface area contributed by atoms with Crippen molar-refractivity contribution >= 4 is 17.4 Å². The molecule has 2 heterocycles. The second kappa shape index (κ2) is 3.87. The number of fused-ring (bicyclic) bond motifs is 1. The fourth-order valence-electron chi connectivity index (χ4n) is 2.26. The Hall–Kier alpha value is -2.30. The van der Waals surface area contributed by atoms with Gasteiger partial charge in [0.15, 0.2) is 0 Å². The number of carbonyl (C=O) groups excluding carboxylic acids is 1. The zero-order chi connectivity index (χ0) is 12.7. The van der Waals surface area contributed by atoms with Gasteiger partial charge in [-0.3, -0.25) is 9.48 Å². The smallest absolute Gasteiger partial charge is 0.254 e. The maximum absolute atomic E-state index is 12.2. The van der Waals surface area contributed by atoms with Crippen LogP contribution in [0.4, 0.5) is 11.5 Å². The molecule has 0 radical (unpaired) electrons. The second-order valence-electron chi connectivity index (χ2n) is 4.41. The minimum absolute atomic E-state index is 0.0434. The topological polar surface area (TPSA) is 50.2 Å². The van der Waals surface area contributed by atoms with Gasteiger partial charge in [-0.1, -0.05) is 18.2 Å². The van der Waals surface area contributed by atoms with E-state index in [2.05, 4.69) is 10.4 Å². The first kappa shape index (κ1) is 10.8. The van der Waals surface area contributed by atoms with Crippen LogP contribution >= 0.6 is 0 Å². The van der Waals surface area contributed by atoms with Gasteiger partial charge in [0.2, 0.25) is 0 Å². The van der Waals surface area contributed by atoms with E-state index in [-0.39, 0.29) is 11.9 Å². The monoisotopic (exact) mass is 242 g/mol. The van der Waals surface area contributed by atoms with Gasteiger partial charge in [-0.25, -0.2) is 0 Å². The number of benzene rings is 1. The van der Waals surface area contributed by atoms with Gasteiger partial charge in [0.1, 0.15) is 11.9 Å². The summed E-state index contributed by atoms with van der Waals surface area (Å²) in [6.45, 7) is 0. The van der Waals surface area contributed by atoms with Crippen molar-refractivity contribution in [3.8, 4) is 0 Å². The Balaban J connectivity index is 1.95. The molecule has 0 fully saturated rings. The second-order valence-corrected chi connectivity index (χ2v) is 4.41. The summed E-state index contributed by atoms with van der Waals surface area (Å²) in [5.74, 6) is 0.753. The minimum Gasteiger partial charge on any atom is -0.353 e. The summed E-state index contributed by atoms with van der Waals surface area (Å²) in [6.07, 6.45) is 1.84. The first-order valence-corrected chi connectivity index (χ1v) is 5.79. The number of hydrogen-bond donors (Lipinski definition) is 1. The third-order valence-electron chi connectivity index (χ3n) is 3.19. The molecule has 5 heteroatoms. The molecule has 92 valence electrons. The van der Waals surface area contributed by atoms with Crippen LogP contribution in [0.5, 0.6) is 0 Å². The van der Waals surface area contributed by atoms with E-state index >= 15 is 0 Å². The maximum atomic E-state index is 12.2. The largest absolute Gasteiger partial charge is 0.353 e. The van der Waals surface area contributed by atoms with E-state index in [4.69, 9.17) is 0 Å². The molecule has 1 aromatic carbocycles. The van der Waals surface area contributed by atoms with Crippen molar-refractivity contribution in [2.24, 2.45) is 7.05 Å². The number of anilines is 2. The van der Waals surface area contributed by atoms with E-state index < -0.39 is 0 Å². The van der Waals surface area contributed by atoms with E-state index in [1.807, 2.05) is 43.6 Å². The van der Waals surface area contributed by atoms with Crippen LogP contribution in [0, 0.1) is 0 Å². The fraction of sp³-hybridized carbons (Fsp3) is 0.231. The van der Waals surface area contributed by atoms with E-state index in [1.54, 1.807) is 16.6 Å². The number of carbonyl (C=O) groups is 1. The highest BCUT2D eigenvalue weighted by Gasteiger charge is 2.34. The van der Waals surface area contributed by atoms with Gasteiger partial charge in [-0.15, -0.1) is 0 Å². The molecule has 18 heavy (non-hydrogen) atoms. The Bertz CT molecular complexity index is 605. The van der Waals surface area contributed by atoms with Crippen molar-refractivity contribution in [3.63, 3.8) is 0 Å². The summed E-state index contributed by atoms with van der Waals surface area (Å²) in [4.78, 5) is 13.9. The highest BCUT2D eigenvalue weighted by Crippen LogP contribution is 2.36. The maximum Gasteiger partial charge on any atom is 0.254 e. The predicted molar refractivity (Wildman–Crippen MR) is 69.4 cm³/mol. The lowest BCUT2D eigenvalue weighted by atomic mass is 10.1. The summed E-state index contributed by atoms with van der Waals surface area (Å²) in [6, 6.07) is 9.31. The van der Waals surface area contributed by atoms with Crippen molar-refractivity contribution in [2.45, 2.75) is 6.04 Å². The molecule has 1 aliphatic rings. The number of aromatic nitrogens is 2. The molecule has 3 rings (SSSR count). The van der Waals surface area contributed by atoms with Crippen LogP contribution in [0.25, 0.3) is 0 Å². The van der Waals surface area contributed by atoms with Crippen molar-refractivity contribution in [2.75, 3.05) is 17.3 Å². The van der Waals surface area contributed by atoms with Crippen LogP contribution in [0.2, 0.25) is 0 Å². The van der Waals surface area contributed by atoms with E-state index in [0.717, 1.165) is 11.3 Å². The molecular weight excluding hydrogens is 228 g/mol. The van der Waals surface area contributed by atoms with Gasteiger partial charge in [0.25, 0.3) is 5.91 Å². The molecular formula is C13H14N4O. The SMILES string of the molecule is CN1C(=O)C(Nc2ccn(C)n2)c2ccccc21. The molecule has 1 amide bonds. The lowest BCUT2D eigenvalue weighted by Crippen LogP contribution is -2.27. The van der Waals surface area contributed by atoms with Gasteiger partial charge in [-0.05, 0) is 6.07 Å². The van der Waals surface area contributed by atoms with Crippen LogP contribution in [0.15, 0.2) is 36.5 Å². The number of hydrogen-bond acceptors (Lipinski definition) is 3. The number of nitrogens with zero attached hydrogens (tertiary/aromatic N) is 3. The standard InChI is InChI=1S/C13H14N4O/c1-16-8-7-11(15-16)14-12-9-5-3-4-6-10(9)17(2)13(12)18/h3-8,12H,1-2H3,(H,14,15). The van der Waals surface area contributed by atoms with Gasteiger partial charge >= 0.3 is 0 Å². The zero-order valence-corrected chi connectivity index (χ0v) is 10.3. The van der Waals surface area contributed by atoms with Crippen LogP contribution < -0.4 is 10.2 Å². The summed E-state index contributed by atoms with van der Waals surface area (Å²) in [7, 11) is 3.64. The Morgan fingerprint density at radius 3 is 2.72 bits per heavy atom. The van der Waals surface area contributed by atoms with E-state index in [0.29, 0.717) is 5.82 Å². The lowest BCUT2D eigenvalue weighted by molar-refractivity contribution is -0.118. The minimum atomic E-state index is -0.346. The van der Waals surface area contributed by atoms with Gasteiger partial charge in [-0.2, -0.15) is 5.10 Å². The Labute approximate surface area is 105 Å². The Morgan fingerprint density at radius 1 is 1.22 bits per heavy atom. The van der Waals surface area contributed by atoms with Gasteiger partial charge in [0.05, 0.1) is 0 Å². The van der Waals surface area contributed by atoms with Crippen LogP contribution in [-0.4, -0.2) is 22.7 Å². The molecule has 0 saturated heterocycles. The third kappa shape index (κ3) is 1.55. The number of aryl methyl sites for hydroxylation is 1. The average Bonchev–Trinajstić information content (AvgIpc) is 2.88. The van der Waals surface area contributed by atoms with E-state index in [1.165, 1.54) is 0 Å². The molecule has 0 bridgehead atoms. The Morgan fingerprint density at radius 2 is 2.00 bits per heavy atom. The quantitative estimate of drug-likeness (QED) is 0.869. The van der Waals surface area contributed by atoms with Gasteiger partial charge in [0, 0.05) is 37.6 Å². The summed E-state index contributed by atoms with van der Waals surface area (Å²) < 4.78 is 1.71. The molecule has 0 spiro atoms. The van der Waals surface area contributed by atoms with Crippen molar-refractivity contribution in [1.82, 2.24) is 9.78 Å². The molecule has 1 atom stereocenters. The van der Waals surface area contributed by atoms with E-state index in [9.17, 15) is 4.79 Å². The zero-order valence-electron chi connectivity index (χ0n) is 10.3. The highest BCUT2D eigenvalue weighted by molar-refractivity contribution is 6.05. The predicted octanol–water partition coefficient (Wildman–Crippen LogP) is 1.55. The first-order valence-electron chi connectivity index (χ1n) is 5.79. The molecule has 0 saturated carbocycles. The van der Waals surface area contributed by atoms with Crippen molar-refractivity contribution < 1.29 is 4.79 Å². The summed E-state index contributed by atoms with van der Waals surface area (Å²) in [5, 5.41) is 7.42. The third-order valence-corrected chi connectivity index (χ3v) is 3.19. The number of likely N-dealkylation sites (N-methyl/N-ethyl adjacent to an activating group) is 1. The summed E-state index contributed by atoms with van der Waals surface area (Å²) in [5.41, 5.74) is 1.95. The first-order chi connectivity index (χ1) is 8.66. The molecule has 1 N–H and O–H groups in total. The molecule has 1 unspecified atom stereocenters. The molecule has 1 aromatic heterocycles. The van der Waals surface area contributed by atoms with Crippen LogP contribution in [0.3, 0.4) is 0 Å². The molecule has 2 aromatic rings. The van der Waals surface area contributed by atoms with Crippen molar-refractivity contribution in [1.29, 1.82) is 0 Å².